The van der Waals surface area contributed by atoms with Gasteiger partial charge in [-0.1, -0.05) is 18.6 Å². The molecule has 0 amide bonds. The fraction of sp³-hybridized carbons (Fsp3) is 0.857. The Morgan fingerprint density at radius 2 is 2.16 bits per heavy atom. The van der Waals surface area contributed by atoms with Crippen molar-refractivity contribution in [1.82, 2.24) is 0 Å². The zero-order chi connectivity index (χ0) is 14.1. The summed E-state index contributed by atoms with van der Waals surface area (Å²) in [5.41, 5.74) is 0. The van der Waals surface area contributed by atoms with E-state index >= 15 is 0 Å². The van der Waals surface area contributed by atoms with E-state index in [1.54, 1.807) is 0 Å². The molecule has 1 heterocycles. The molecule has 1 aliphatic rings. The maximum Gasteiger partial charge on any atom is 0.114 e. The molecule has 0 aliphatic carbocycles. The third kappa shape index (κ3) is 5.58. The van der Waals surface area contributed by atoms with Gasteiger partial charge < -0.3 is 24.8 Å². The fourth-order valence-electron chi connectivity index (χ4n) is 2.15. The average molecular weight is 274 g/mol. The monoisotopic (exact) mass is 274 g/mol. The number of allylic oxidation sites excluding steroid dienone is 2. The molecule has 1 aliphatic heterocycles. The van der Waals surface area contributed by atoms with Gasteiger partial charge in [-0.25, -0.2) is 0 Å². The highest BCUT2D eigenvalue weighted by Gasteiger charge is 2.40. The van der Waals surface area contributed by atoms with E-state index in [0.717, 1.165) is 25.7 Å². The summed E-state index contributed by atoms with van der Waals surface area (Å²) < 4.78 is 10.8. The first-order valence-corrected chi connectivity index (χ1v) is 7.02. The molecule has 4 atom stereocenters. The van der Waals surface area contributed by atoms with Gasteiger partial charge in [-0.15, -0.1) is 0 Å². The van der Waals surface area contributed by atoms with Crippen LogP contribution in [0.3, 0.4) is 0 Å². The summed E-state index contributed by atoms with van der Waals surface area (Å²) in [6.45, 7) is 2.45. The minimum absolute atomic E-state index is 0.265. The molecule has 0 saturated carbocycles. The maximum atomic E-state index is 9.89. The first-order valence-electron chi connectivity index (χ1n) is 7.02. The predicted octanol–water partition coefficient (Wildman–Crippen LogP) is 0.621. The lowest BCUT2D eigenvalue weighted by atomic mass is 10.1. The summed E-state index contributed by atoms with van der Waals surface area (Å²) in [6.07, 6.45) is 5.41. The van der Waals surface area contributed by atoms with E-state index in [0.29, 0.717) is 6.61 Å². The third-order valence-corrected chi connectivity index (χ3v) is 3.32. The van der Waals surface area contributed by atoms with Gasteiger partial charge in [0.15, 0.2) is 0 Å². The smallest absolute Gasteiger partial charge is 0.114 e. The Balaban J connectivity index is 2.10. The zero-order valence-corrected chi connectivity index (χ0v) is 11.6. The predicted molar refractivity (Wildman–Crippen MR) is 71.9 cm³/mol. The van der Waals surface area contributed by atoms with Crippen molar-refractivity contribution in [1.29, 1.82) is 0 Å². The van der Waals surface area contributed by atoms with Crippen molar-refractivity contribution in [2.75, 3.05) is 19.8 Å². The lowest BCUT2D eigenvalue weighted by Gasteiger charge is -2.20. The van der Waals surface area contributed by atoms with Crippen molar-refractivity contribution in [3.63, 3.8) is 0 Å². The minimum Gasteiger partial charge on any atom is -0.394 e. The Morgan fingerprint density at radius 3 is 2.84 bits per heavy atom. The van der Waals surface area contributed by atoms with E-state index in [1.807, 2.05) is 6.92 Å². The number of aliphatic hydroxyl groups is 3. The first-order chi connectivity index (χ1) is 9.20. The number of unbranched alkanes of at least 4 members (excludes halogenated alkanes) is 3. The number of hydrogen-bond acceptors (Lipinski definition) is 5. The van der Waals surface area contributed by atoms with E-state index < -0.39 is 31.0 Å². The second kappa shape index (κ2) is 9.44. The molecular weight excluding hydrogens is 248 g/mol. The molecule has 0 aromatic rings. The van der Waals surface area contributed by atoms with Crippen molar-refractivity contribution in [3.05, 3.63) is 12.2 Å². The summed E-state index contributed by atoms with van der Waals surface area (Å²) in [5, 5.41) is 28.2. The van der Waals surface area contributed by atoms with Gasteiger partial charge in [0.25, 0.3) is 0 Å². The van der Waals surface area contributed by atoms with E-state index in [4.69, 9.17) is 14.6 Å². The van der Waals surface area contributed by atoms with Crippen molar-refractivity contribution in [3.8, 4) is 0 Å². The van der Waals surface area contributed by atoms with Crippen LogP contribution in [-0.4, -0.2) is 59.6 Å². The van der Waals surface area contributed by atoms with Gasteiger partial charge in [0.2, 0.25) is 0 Å². The van der Waals surface area contributed by atoms with Crippen LogP contribution in [0.1, 0.15) is 32.6 Å². The van der Waals surface area contributed by atoms with Crippen LogP contribution in [0.5, 0.6) is 0 Å². The van der Waals surface area contributed by atoms with Crippen LogP contribution < -0.4 is 0 Å². The van der Waals surface area contributed by atoms with Gasteiger partial charge in [-0.2, -0.15) is 0 Å². The zero-order valence-electron chi connectivity index (χ0n) is 11.6. The minimum atomic E-state index is -1.05. The summed E-state index contributed by atoms with van der Waals surface area (Å²) in [7, 11) is 0. The molecule has 5 nitrogen and oxygen atoms in total. The highest BCUT2D eigenvalue weighted by Crippen LogP contribution is 2.20. The maximum absolute atomic E-state index is 9.89. The lowest BCUT2D eigenvalue weighted by Crippen LogP contribution is -2.41. The normalized spacial score (nSPS) is 29.2. The van der Waals surface area contributed by atoms with Gasteiger partial charge >= 0.3 is 0 Å². The highest BCUT2D eigenvalue weighted by molar-refractivity contribution is 4.88. The lowest BCUT2D eigenvalue weighted by molar-refractivity contribution is -0.0730. The number of ether oxygens (including phenoxy) is 2. The topological polar surface area (TPSA) is 79.2 Å². The molecule has 0 bridgehead atoms. The molecular formula is C14H26O5. The Labute approximate surface area is 114 Å². The Kier molecular flexibility index (Phi) is 8.25. The summed E-state index contributed by atoms with van der Waals surface area (Å²) >= 11 is 0. The fourth-order valence-corrected chi connectivity index (χ4v) is 2.15. The Bertz CT molecular complexity index is 256. The van der Waals surface area contributed by atoms with Gasteiger partial charge in [-0.05, 0) is 26.2 Å². The molecule has 0 aromatic carbocycles. The van der Waals surface area contributed by atoms with Crippen LogP contribution in [0.2, 0.25) is 0 Å². The Morgan fingerprint density at radius 1 is 1.37 bits per heavy atom. The molecule has 5 heteroatoms. The second-order valence-electron chi connectivity index (χ2n) is 4.87. The van der Waals surface area contributed by atoms with Crippen molar-refractivity contribution >= 4 is 0 Å². The number of hydrogen-bond donors (Lipinski definition) is 3. The molecule has 3 N–H and O–H groups in total. The standard InChI is InChI=1S/C14H26O5/c1-2-3-4-5-6-7-8-18-12-10-19-14(13(12)17)11(16)9-15/h2-3,11-17H,4-10H2,1H3/b3-2+/t11-,12+,13-,14-/m1/s1. The van der Waals surface area contributed by atoms with Crippen LogP contribution in [0, 0.1) is 0 Å². The van der Waals surface area contributed by atoms with Gasteiger partial charge in [-0.3, -0.25) is 0 Å². The van der Waals surface area contributed by atoms with E-state index in [9.17, 15) is 10.2 Å². The molecule has 112 valence electrons. The van der Waals surface area contributed by atoms with Crippen LogP contribution in [0.15, 0.2) is 12.2 Å². The largest absolute Gasteiger partial charge is 0.394 e. The van der Waals surface area contributed by atoms with E-state index in [1.165, 1.54) is 0 Å². The Hall–Kier alpha value is -0.460. The molecule has 0 spiro atoms. The van der Waals surface area contributed by atoms with Crippen LogP contribution in [-0.2, 0) is 9.47 Å². The van der Waals surface area contributed by atoms with E-state index in [2.05, 4.69) is 12.2 Å². The van der Waals surface area contributed by atoms with Crippen molar-refractivity contribution in [2.24, 2.45) is 0 Å². The van der Waals surface area contributed by atoms with Crippen LogP contribution in [0.25, 0.3) is 0 Å². The number of aliphatic hydroxyl groups excluding tert-OH is 3. The van der Waals surface area contributed by atoms with Crippen molar-refractivity contribution < 1.29 is 24.8 Å². The third-order valence-electron chi connectivity index (χ3n) is 3.32. The first kappa shape index (κ1) is 16.6. The summed E-state index contributed by atoms with van der Waals surface area (Å²) in [6, 6.07) is 0. The van der Waals surface area contributed by atoms with Crippen molar-refractivity contribution in [2.45, 2.75) is 57.0 Å². The summed E-state index contributed by atoms with van der Waals surface area (Å²) in [4.78, 5) is 0. The number of rotatable bonds is 9. The summed E-state index contributed by atoms with van der Waals surface area (Å²) in [5.74, 6) is 0. The van der Waals surface area contributed by atoms with Crippen LogP contribution >= 0.6 is 0 Å². The van der Waals surface area contributed by atoms with Gasteiger partial charge in [0.05, 0.1) is 13.2 Å². The highest BCUT2D eigenvalue weighted by atomic mass is 16.6. The molecule has 19 heavy (non-hydrogen) atoms. The average Bonchev–Trinajstić information content (AvgIpc) is 2.78. The molecule has 1 saturated heterocycles. The molecule has 0 aromatic heterocycles. The van der Waals surface area contributed by atoms with Gasteiger partial charge in [0.1, 0.15) is 24.4 Å². The van der Waals surface area contributed by atoms with E-state index in [-0.39, 0.29) is 6.61 Å². The van der Waals surface area contributed by atoms with Crippen LogP contribution in [0.4, 0.5) is 0 Å². The van der Waals surface area contributed by atoms with Gasteiger partial charge in [0, 0.05) is 6.61 Å². The molecule has 0 unspecified atom stereocenters. The molecule has 1 rings (SSSR count). The SMILES string of the molecule is C/C=C/CCCCCO[C@H]1CO[C@H]([C@H](O)CO)[C@@H]1O. The molecule has 1 fully saturated rings. The quantitative estimate of drug-likeness (QED) is 0.424. The molecule has 0 radical (unpaired) electrons. The second-order valence-corrected chi connectivity index (χ2v) is 4.87.